The van der Waals surface area contributed by atoms with Gasteiger partial charge >= 0.3 is 0 Å². The Balaban J connectivity index is 2.05. The van der Waals surface area contributed by atoms with E-state index in [1.807, 2.05) is 6.08 Å². The Hall–Kier alpha value is -0.340. The van der Waals surface area contributed by atoms with E-state index < -0.39 is 0 Å². The van der Waals surface area contributed by atoms with Crippen LogP contribution >= 0.6 is 0 Å². The summed E-state index contributed by atoms with van der Waals surface area (Å²) >= 11 is 0. The van der Waals surface area contributed by atoms with E-state index in [0.29, 0.717) is 18.2 Å². The molecule has 0 aromatic carbocycles. The molecule has 0 bridgehead atoms. The van der Waals surface area contributed by atoms with Crippen molar-refractivity contribution in [2.75, 3.05) is 7.11 Å². The molecule has 1 N–H and O–H groups in total. The van der Waals surface area contributed by atoms with Gasteiger partial charge in [0.1, 0.15) is 0 Å². The van der Waals surface area contributed by atoms with Gasteiger partial charge in [0.15, 0.2) is 0 Å². The fourth-order valence-electron chi connectivity index (χ4n) is 1.61. The summed E-state index contributed by atoms with van der Waals surface area (Å²) in [5.41, 5.74) is 0. The molecule has 1 atom stereocenters. The highest BCUT2D eigenvalue weighted by Crippen LogP contribution is 2.23. The predicted octanol–water partition coefficient (Wildman–Crippen LogP) is 1.72. The zero-order valence-electron chi connectivity index (χ0n) is 8.05. The van der Waals surface area contributed by atoms with E-state index in [1.54, 1.807) is 7.11 Å². The monoisotopic (exact) mass is 169 g/mol. The third-order valence-corrected chi connectivity index (χ3v) is 2.47. The lowest BCUT2D eigenvalue weighted by Gasteiger charge is -2.36. The van der Waals surface area contributed by atoms with E-state index in [-0.39, 0.29) is 0 Å². The first-order valence-corrected chi connectivity index (χ1v) is 4.66. The predicted molar refractivity (Wildman–Crippen MR) is 51.2 cm³/mol. The van der Waals surface area contributed by atoms with Crippen LogP contribution in [0.3, 0.4) is 0 Å². The van der Waals surface area contributed by atoms with Crippen LogP contribution in [-0.4, -0.2) is 25.3 Å². The Labute approximate surface area is 75.0 Å². The summed E-state index contributed by atoms with van der Waals surface area (Å²) in [5.74, 6) is 0. The zero-order chi connectivity index (χ0) is 8.97. The highest BCUT2D eigenvalue weighted by atomic mass is 16.5. The van der Waals surface area contributed by atoms with Crippen molar-refractivity contribution < 1.29 is 4.74 Å². The van der Waals surface area contributed by atoms with Crippen LogP contribution in [0.2, 0.25) is 0 Å². The zero-order valence-corrected chi connectivity index (χ0v) is 8.05. The Morgan fingerprint density at radius 1 is 1.67 bits per heavy atom. The molecule has 0 saturated heterocycles. The molecule has 2 heteroatoms. The van der Waals surface area contributed by atoms with Gasteiger partial charge in [-0.05, 0) is 26.2 Å². The van der Waals surface area contributed by atoms with Crippen LogP contribution in [0.15, 0.2) is 12.7 Å². The van der Waals surface area contributed by atoms with Gasteiger partial charge in [0.25, 0.3) is 0 Å². The van der Waals surface area contributed by atoms with Crippen molar-refractivity contribution in [2.45, 2.75) is 44.4 Å². The molecule has 1 rings (SSSR count). The highest BCUT2D eigenvalue weighted by molar-refractivity contribution is 4.88. The van der Waals surface area contributed by atoms with E-state index in [1.165, 1.54) is 0 Å². The Kier molecular flexibility index (Phi) is 3.76. The molecule has 0 radical (unpaired) electrons. The molecule has 0 aliphatic heterocycles. The molecule has 1 saturated carbocycles. The average Bonchev–Trinajstić information content (AvgIpc) is 1.96. The average molecular weight is 169 g/mol. The summed E-state index contributed by atoms with van der Waals surface area (Å²) in [5, 5.41) is 3.53. The van der Waals surface area contributed by atoms with Crippen molar-refractivity contribution in [2.24, 2.45) is 0 Å². The topological polar surface area (TPSA) is 21.3 Å². The summed E-state index contributed by atoms with van der Waals surface area (Å²) in [6, 6.07) is 1.23. The number of hydrogen-bond donors (Lipinski definition) is 1. The molecule has 1 aliphatic carbocycles. The van der Waals surface area contributed by atoms with Gasteiger partial charge in [-0.2, -0.15) is 0 Å². The first-order valence-electron chi connectivity index (χ1n) is 4.66. The fourth-order valence-corrected chi connectivity index (χ4v) is 1.61. The maximum atomic E-state index is 5.20. The van der Waals surface area contributed by atoms with Gasteiger partial charge in [-0.15, -0.1) is 6.58 Å². The molecule has 1 fully saturated rings. The Bertz CT molecular complexity index is 141. The highest BCUT2D eigenvalue weighted by Gasteiger charge is 2.29. The van der Waals surface area contributed by atoms with Crippen LogP contribution in [0, 0.1) is 0 Å². The number of hydrogen-bond acceptors (Lipinski definition) is 2. The summed E-state index contributed by atoms with van der Waals surface area (Å²) in [4.78, 5) is 0. The normalized spacial score (nSPS) is 30.8. The van der Waals surface area contributed by atoms with Crippen molar-refractivity contribution >= 4 is 0 Å². The molecular formula is C10H19NO. The third kappa shape index (κ3) is 2.61. The second kappa shape index (κ2) is 4.63. The SMILES string of the molecule is C=CC[C@H](C)NC1CC(OC)C1. The summed E-state index contributed by atoms with van der Waals surface area (Å²) in [6.45, 7) is 5.91. The first-order chi connectivity index (χ1) is 5.76. The summed E-state index contributed by atoms with van der Waals surface area (Å²) < 4.78 is 5.20. The van der Waals surface area contributed by atoms with Crippen molar-refractivity contribution in [3.05, 3.63) is 12.7 Å². The molecule has 0 aromatic heterocycles. The second-order valence-corrected chi connectivity index (χ2v) is 3.62. The third-order valence-electron chi connectivity index (χ3n) is 2.47. The van der Waals surface area contributed by atoms with Crippen molar-refractivity contribution in [1.82, 2.24) is 5.32 Å². The van der Waals surface area contributed by atoms with E-state index in [4.69, 9.17) is 4.74 Å². The molecule has 1 aliphatic rings. The van der Waals surface area contributed by atoms with Crippen LogP contribution in [0.25, 0.3) is 0 Å². The van der Waals surface area contributed by atoms with Gasteiger partial charge in [0.2, 0.25) is 0 Å². The fraction of sp³-hybridized carbons (Fsp3) is 0.800. The minimum atomic E-state index is 0.499. The Morgan fingerprint density at radius 3 is 2.83 bits per heavy atom. The number of ether oxygens (including phenoxy) is 1. The van der Waals surface area contributed by atoms with Gasteiger partial charge in [-0.1, -0.05) is 6.08 Å². The standard InChI is InChI=1S/C10H19NO/c1-4-5-8(2)11-9-6-10(7-9)12-3/h4,8-11H,1,5-7H2,2-3H3/t8-,9?,10?/m0/s1. The number of nitrogens with one attached hydrogen (secondary N) is 1. The molecular weight excluding hydrogens is 150 g/mol. The van der Waals surface area contributed by atoms with Crippen LogP contribution in [0.4, 0.5) is 0 Å². The van der Waals surface area contributed by atoms with Crippen molar-refractivity contribution in [3.63, 3.8) is 0 Å². The van der Waals surface area contributed by atoms with Gasteiger partial charge in [0.05, 0.1) is 6.10 Å². The lowest BCUT2D eigenvalue weighted by atomic mass is 9.88. The molecule has 0 aromatic rings. The Morgan fingerprint density at radius 2 is 2.33 bits per heavy atom. The lowest BCUT2D eigenvalue weighted by molar-refractivity contribution is 0.0149. The van der Waals surface area contributed by atoms with E-state index in [9.17, 15) is 0 Å². The maximum Gasteiger partial charge on any atom is 0.0601 e. The summed E-state index contributed by atoms with van der Waals surface area (Å²) in [7, 11) is 1.79. The van der Waals surface area contributed by atoms with Crippen LogP contribution < -0.4 is 5.32 Å². The smallest absolute Gasteiger partial charge is 0.0601 e. The largest absolute Gasteiger partial charge is 0.381 e. The van der Waals surface area contributed by atoms with E-state index in [0.717, 1.165) is 19.3 Å². The van der Waals surface area contributed by atoms with Crippen LogP contribution in [0.1, 0.15) is 26.2 Å². The van der Waals surface area contributed by atoms with Gasteiger partial charge in [0, 0.05) is 19.2 Å². The van der Waals surface area contributed by atoms with Gasteiger partial charge in [-0.3, -0.25) is 0 Å². The minimum absolute atomic E-state index is 0.499. The van der Waals surface area contributed by atoms with E-state index in [2.05, 4.69) is 18.8 Å². The molecule has 2 nitrogen and oxygen atoms in total. The second-order valence-electron chi connectivity index (χ2n) is 3.62. The molecule has 0 heterocycles. The quantitative estimate of drug-likeness (QED) is 0.633. The molecule has 0 amide bonds. The van der Waals surface area contributed by atoms with Gasteiger partial charge < -0.3 is 10.1 Å². The molecule has 70 valence electrons. The minimum Gasteiger partial charge on any atom is -0.381 e. The number of rotatable bonds is 5. The molecule has 0 spiro atoms. The van der Waals surface area contributed by atoms with Crippen LogP contribution in [0.5, 0.6) is 0 Å². The van der Waals surface area contributed by atoms with Crippen LogP contribution in [-0.2, 0) is 4.74 Å². The number of methoxy groups -OCH3 is 1. The van der Waals surface area contributed by atoms with Crippen molar-refractivity contribution in [3.8, 4) is 0 Å². The lowest BCUT2D eigenvalue weighted by Crippen LogP contribution is -2.48. The summed E-state index contributed by atoms with van der Waals surface area (Å²) in [6.07, 6.45) is 5.84. The molecule has 0 unspecified atom stereocenters. The van der Waals surface area contributed by atoms with E-state index >= 15 is 0 Å². The van der Waals surface area contributed by atoms with Crippen molar-refractivity contribution in [1.29, 1.82) is 0 Å². The molecule has 12 heavy (non-hydrogen) atoms. The maximum absolute atomic E-state index is 5.20. The first kappa shape index (κ1) is 9.75. The van der Waals surface area contributed by atoms with Gasteiger partial charge in [-0.25, -0.2) is 0 Å².